The first-order valence-electron chi connectivity index (χ1n) is 7.99. The summed E-state index contributed by atoms with van der Waals surface area (Å²) in [6, 6.07) is 8.08. The molecule has 1 aromatic carbocycles. The van der Waals surface area contributed by atoms with Gasteiger partial charge in [-0.25, -0.2) is 4.68 Å². The molecule has 7 heteroatoms. The lowest BCUT2D eigenvalue weighted by Crippen LogP contribution is -2.29. The van der Waals surface area contributed by atoms with Crippen LogP contribution in [0.5, 0.6) is 5.75 Å². The van der Waals surface area contributed by atoms with E-state index in [-0.39, 0.29) is 0 Å². The first-order chi connectivity index (χ1) is 11.7. The highest BCUT2D eigenvalue weighted by atomic mass is 32.1. The van der Waals surface area contributed by atoms with Gasteiger partial charge in [0.25, 0.3) is 0 Å². The van der Waals surface area contributed by atoms with E-state index in [1.165, 1.54) is 5.56 Å². The van der Waals surface area contributed by atoms with Crippen molar-refractivity contribution < 1.29 is 9.47 Å². The minimum Gasteiger partial charge on any atom is -0.471 e. The Bertz CT molecular complexity index is 628. The Morgan fingerprint density at radius 2 is 2.08 bits per heavy atom. The lowest BCUT2D eigenvalue weighted by Gasteiger charge is -2.08. The van der Waals surface area contributed by atoms with Crippen LogP contribution in [0, 0.1) is 0 Å². The zero-order valence-electron chi connectivity index (χ0n) is 14.1. The molecule has 6 nitrogen and oxygen atoms in total. The lowest BCUT2D eigenvalue weighted by atomic mass is 10.2. The van der Waals surface area contributed by atoms with Crippen LogP contribution in [0.4, 0.5) is 5.69 Å². The quantitative estimate of drug-likeness (QED) is 0.537. The summed E-state index contributed by atoms with van der Waals surface area (Å²) >= 11 is 5.23. The van der Waals surface area contributed by atoms with E-state index in [1.807, 2.05) is 18.3 Å². The predicted octanol–water partition coefficient (Wildman–Crippen LogP) is 2.80. The fourth-order valence-electron chi connectivity index (χ4n) is 2.05. The predicted molar refractivity (Wildman–Crippen MR) is 99.4 cm³/mol. The molecule has 0 saturated heterocycles. The Labute approximate surface area is 148 Å². The minimum atomic E-state index is 0.348. The number of benzene rings is 1. The molecule has 1 aromatic heterocycles. The topological polar surface area (TPSA) is 60.3 Å². The Kier molecular flexibility index (Phi) is 7.51. The van der Waals surface area contributed by atoms with E-state index in [2.05, 4.69) is 34.8 Å². The van der Waals surface area contributed by atoms with Crippen molar-refractivity contribution in [1.29, 1.82) is 0 Å². The number of aryl methyl sites for hydroxylation is 1. The van der Waals surface area contributed by atoms with Gasteiger partial charge in [-0.1, -0.05) is 19.1 Å². The van der Waals surface area contributed by atoms with Crippen LogP contribution in [0.2, 0.25) is 0 Å². The molecule has 0 fully saturated rings. The normalized spacial score (nSPS) is 10.4. The molecular formula is C17H24N4O2S. The third-order valence-electron chi connectivity index (χ3n) is 3.40. The summed E-state index contributed by atoms with van der Waals surface area (Å²) in [6.07, 6.45) is 5.49. The molecule has 0 aliphatic heterocycles. The van der Waals surface area contributed by atoms with E-state index in [9.17, 15) is 0 Å². The number of thiocarbonyl (C=S) groups is 1. The van der Waals surface area contributed by atoms with Crippen molar-refractivity contribution in [3.05, 3.63) is 42.2 Å². The highest BCUT2D eigenvalue weighted by molar-refractivity contribution is 7.80. The Morgan fingerprint density at radius 3 is 2.79 bits per heavy atom. The summed E-state index contributed by atoms with van der Waals surface area (Å²) in [6.45, 7) is 3.96. The van der Waals surface area contributed by atoms with Crippen molar-refractivity contribution in [3.63, 3.8) is 0 Å². The van der Waals surface area contributed by atoms with E-state index in [4.69, 9.17) is 21.7 Å². The average Bonchev–Trinajstić information content (AvgIpc) is 3.04. The Balaban J connectivity index is 1.74. The Morgan fingerprint density at radius 1 is 1.29 bits per heavy atom. The summed E-state index contributed by atoms with van der Waals surface area (Å²) in [7, 11) is 1.69. The van der Waals surface area contributed by atoms with Crippen LogP contribution < -0.4 is 15.4 Å². The van der Waals surface area contributed by atoms with Crippen molar-refractivity contribution in [2.75, 3.05) is 25.6 Å². The smallest absolute Gasteiger partial charge is 0.180 e. The fourth-order valence-corrected chi connectivity index (χ4v) is 2.27. The SMILES string of the molecule is CCc1ccc(OCn2cc(NC(=S)NCCCOC)cn2)cc1. The van der Waals surface area contributed by atoms with Crippen molar-refractivity contribution in [1.82, 2.24) is 15.1 Å². The maximum Gasteiger partial charge on any atom is 0.180 e. The highest BCUT2D eigenvalue weighted by Crippen LogP contribution is 2.13. The molecular weight excluding hydrogens is 324 g/mol. The van der Waals surface area contributed by atoms with Crippen LogP contribution in [0.3, 0.4) is 0 Å². The van der Waals surface area contributed by atoms with Crippen LogP contribution in [0.15, 0.2) is 36.7 Å². The molecule has 0 saturated carbocycles. The van der Waals surface area contributed by atoms with Gasteiger partial charge in [0, 0.05) is 20.3 Å². The molecule has 0 aliphatic carbocycles. The fraction of sp³-hybridized carbons (Fsp3) is 0.412. The minimum absolute atomic E-state index is 0.348. The van der Waals surface area contributed by atoms with Crippen molar-refractivity contribution in [2.45, 2.75) is 26.5 Å². The standard InChI is InChI=1S/C17H24N4O2S/c1-3-14-5-7-16(8-6-14)23-13-21-12-15(11-19-21)20-17(24)18-9-4-10-22-2/h5-8,11-12H,3-4,9-10,13H2,1-2H3,(H2,18,20,24). The maximum atomic E-state index is 5.71. The van der Waals surface area contributed by atoms with Gasteiger partial charge in [-0.2, -0.15) is 5.10 Å². The summed E-state index contributed by atoms with van der Waals surface area (Å²) < 4.78 is 12.4. The number of nitrogens with zero attached hydrogens (tertiary/aromatic N) is 2. The molecule has 0 radical (unpaired) electrons. The van der Waals surface area contributed by atoms with Gasteiger partial charge in [0.1, 0.15) is 5.75 Å². The molecule has 130 valence electrons. The van der Waals surface area contributed by atoms with Crippen molar-refractivity contribution in [3.8, 4) is 5.75 Å². The van der Waals surface area contributed by atoms with Crippen LogP contribution in [-0.2, 0) is 17.9 Å². The molecule has 2 rings (SSSR count). The second-order valence-corrected chi connectivity index (χ2v) is 5.67. The van der Waals surface area contributed by atoms with Gasteiger partial charge in [0.2, 0.25) is 0 Å². The Hall–Kier alpha value is -2.12. The van der Waals surface area contributed by atoms with Gasteiger partial charge < -0.3 is 20.1 Å². The van der Waals surface area contributed by atoms with Crippen molar-refractivity contribution >= 4 is 23.0 Å². The number of anilines is 1. The highest BCUT2D eigenvalue weighted by Gasteiger charge is 2.02. The van der Waals surface area contributed by atoms with Gasteiger partial charge in [-0.05, 0) is 42.8 Å². The molecule has 0 bridgehead atoms. The number of nitrogens with one attached hydrogen (secondary N) is 2. The molecule has 24 heavy (non-hydrogen) atoms. The molecule has 0 amide bonds. The third kappa shape index (κ3) is 6.17. The summed E-state index contributed by atoms with van der Waals surface area (Å²) in [5.41, 5.74) is 2.11. The number of methoxy groups -OCH3 is 1. The van der Waals surface area contributed by atoms with E-state index >= 15 is 0 Å². The molecule has 0 unspecified atom stereocenters. The first-order valence-corrected chi connectivity index (χ1v) is 8.40. The van der Waals surface area contributed by atoms with Gasteiger partial charge in [-0.15, -0.1) is 0 Å². The zero-order chi connectivity index (χ0) is 17.2. The zero-order valence-corrected chi connectivity index (χ0v) is 14.9. The summed E-state index contributed by atoms with van der Waals surface area (Å²) in [5.74, 6) is 0.826. The third-order valence-corrected chi connectivity index (χ3v) is 3.64. The number of hydrogen-bond donors (Lipinski definition) is 2. The van der Waals surface area contributed by atoms with Crippen LogP contribution in [-0.4, -0.2) is 35.2 Å². The van der Waals surface area contributed by atoms with Gasteiger partial charge in [-0.3, -0.25) is 0 Å². The summed E-state index contributed by atoms with van der Waals surface area (Å²) in [4.78, 5) is 0. The molecule has 0 aliphatic rings. The average molecular weight is 348 g/mol. The second-order valence-electron chi connectivity index (χ2n) is 5.27. The van der Waals surface area contributed by atoms with Crippen LogP contribution >= 0.6 is 12.2 Å². The van der Waals surface area contributed by atoms with Crippen LogP contribution in [0.1, 0.15) is 18.9 Å². The molecule has 0 atom stereocenters. The molecule has 2 aromatic rings. The first kappa shape index (κ1) is 18.2. The molecule has 1 heterocycles. The molecule has 2 N–H and O–H groups in total. The van der Waals surface area contributed by atoms with E-state index in [1.54, 1.807) is 18.0 Å². The van der Waals surface area contributed by atoms with Gasteiger partial charge in [0.05, 0.1) is 18.1 Å². The molecule has 0 spiro atoms. The number of ether oxygens (including phenoxy) is 2. The van der Waals surface area contributed by atoms with Gasteiger partial charge >= 0.3 is 0 Å². The number of rotatable bonds is 9. The number of aromatic nitrogens is 2. The van der Waals surface area contributed by atoms with E-state index in [0.717, 1.165) is 30.8 Å². The monoisotopic (exact) mass is 348 g/mol. The summed E-state index contributed by atoms with van der Waals surface area (Å²) in [5, 5.41) is 11.0. The van der Waals surface area contributed by atoms with Gasteiger partial charge in [0.15, 0.2) is 11.8 Å². The van der Waals surface area contributed by atoms with Crippen LogP contribution in [0.25, 0.3) is 0 Å². The lowest BCUT2D eigenvalue weighted by molar-refractivity contribution is 0.196. The number of hydrogen-bond acceptors (Lipinski definition) is 4. The van der Waals surface area contributed by atoms with E-state index in [0.29, 0.717) is 18.5 Å². The maximum absolute atomic E-state index is 5.71. The van der Waals surface area contributed by atoms with E-state index < -0.39 is 0 Å². The van der Waals surface area contributed by atoms with Crippen molar-refractivity contribution in [2.24, 2.45) is 0 Å². The second kappa shape index (κ2) is 9.89. The largest absolute Gasteiger partial charge is 0.471 e.